The highest BCUT2D eigenvalue weighted by Gasteiger charge is 2.39. The van der Waals surface area contributed by atoms with Gasteiger partial charge in [-0.2, -0.15) is 0 Å². The molecule has 1 fully saturated rings. The summed E-state index contributed by atoms with van der Waals surface area (Å²) in [5.74, 6) is -6.72. The van der Waals surface area contributed by atoms with Gasteiger partial charge in [0.25, 0.3) is 0 Å². The number of aromatic hydroxyl groups is 1. The van der Waals surface area contributed by atoms with E-state index in [1.165, 1.54) is 60.5 Å². The maximum Gasteiger partial charge on any atom is 0.513 e. The van der Waals surface area contributed by atoms with Crippen LogP contribution in [0.5, 0.6) is 11.5 Å². The molecule has 2 heterocycles. The summed E-state index contributed by atoms with van der Waals surface area (Å²) in [5, 5.41) is 14.5. The molecule has 440 valence electrons. The Morgan fingerprint density at radius 1 is 0.817 bits per heavy atom. The van der Waals surface area contributed by atoms with Crippen molar-refractivity contribution in [3.05, 3.63) is 107 Å². The number of ketones is 5. The van der Waals surface area contributed by atoms with E-state index >= 15 is 4.79 Å². The minimum absolute atomic E-state index is 0.0178. The fraction of sp³-hybridized carbons (Fsp3) is 0.500. The van der Waals surface area contributed by atoms with E-state index in [9.17, 15) is 43.5 Å². The molecule has 0 saturated carbocycles. The Morgan fingerprint density at radius 2 is 1.51 bits per heavy atom. The lowest BCUT2D eigenvalue weighted by Crippen LogP contribution is -2.47. The van der Waals surface area contributed by atoms with Gasteiger partial charge in [-0.3, -0.25) is 38.4 Å². The number of amides is 3. The molecule has 16 nitrogen and oxygen atoms in total. The van der Waals surface area contributed by atoms with Crippen LogP contribution in [0.2, 0.25) is 0 Å². The number of carbonyl (C=O) groups excluding carboxylic acids is 9. The standard InChI is InChI=1S/C66H84N4O12/c1-9-10-14-45-18-21-47(22-19-45)48-23-25-49(26-24-48)56(72)28-17-41(4)58(74)38-51(15-11-12-31-67)65(79)69(8)62-50-27-29-57(73)52(37-50)53-35-46(20-30-61(53)82-66(80)81-39-40(2)3)36-54(68-63(77)42(5)33-60(62)76)59(75)34-43(6)64(78)70-32-13-16-55(70)44(7)71/h18-27,29-30,35,37,40-43,51,54-55,62,73H,9-17,28,31-34,36,38-39,67H2,1-8H3,(H,68,77)/t41-,42-,43-,51-,54+,55+,62+/m1/s1. The molecule has 16 heteroatoms. The summed E-state index contributed by atoms with van der Waals surface area (Å²) in [5.41, 5.74) is 10.7. The summed E-state index contributed by atoms with van der Waals surface area (Å²) in [6.45, 7) is 13.0. The van der Waals surface area contributed by atoms with Crippen molar-refractivity contribution in [3.63, 3.8) is 0 Å². The van der Waals surface area contributed by atoms with E-state index in [1.54, 1.807) is 38.1 Å². The highest BCUT2D eigenvalue weighted by atomic mass is 16.7. The molecule has 4 bridgehead atoms. The van der Waals surface area contributed by atoms with E-state index in [4.69, 9.17) is 15.2 Å². The number of ether oxygens (including phenoxy) is 2. The Kier molecular flexibility index (Phi) is 23.4. The smallest absolute Gasteiger partial charge is 0.507 e. The predicted molar refractivity (Wildman–Crippen MR) is 314 cm³/mol. The first-order valence-electron chi connectivity index (χ1n) is 29.3. The van der Waals surface area contributed by atoms with Crippen LogP contribution in [0.1, 0.15) is 159 Å². The van der Waals surface area contributed by atoms with Gasteiger partial charge in [-0.25, -0.2) is 4.79 Å². The fourth-order valence-electron chi connectivity index (χ4n) is 10.9. The van der Waals surface area contributed by atoms with Gasteiger partial charge in [-0.05, 0) is 123 Å². The third-order valence-electron chi connectivity index (χ3n) is 15.9. The van der Waals surface area contributed by atoms with Gasteiger partial charge < -0.3 is 35.4 Å². The molecule has 1 saturated heterocycles. The number of likely N-dealkylation sites (tertiary alicyclic amines) is 1. The molecule has 7 atom stereocenters. The van der Waals surface area contributed by atoms with E-state index in [1.807, 2.05) is 26.0 Å². The minimum Gasteiger partial charge on any atom is -0.507 e. The van der Waals surface area contributed by atoms with Crippen molar-refractivity contribution in [1.29, 1.82) is 0 Å². The maximum atomic E-state index is 15.0. The average molecular weight is 1130 g/mol. The van der Waals surface area contributed by atoms with Gasteiger partial charge in [0.2, 0.25) is 17.7 Å². The summed E-state index contributed by atoms with van der Waals surface area (Å²) in [4.78, 5) is 128. The number of nitrogens with one attached hydrogen (secondary N) is 1. The van der Waals surface area contributed by atoms with Crippen molar-refractivity contribution >= 4 is 52.8 Å². The van der Waals surface area contributed by atoms with Crippen molar-refractivity contribution in [2.75, 3.05) is 26.7 Å². The number of Topliss-reactive ketones (excluding diaryl/α,β-unsaturated/α-hetero) is 5. The number of carbonyl (C=O) groups is 9. The zero-order chi connectivity index (χ0) is 59.8. The van der Waals surface area contributed by atoms with Gasteiger partial charge in [0.1, 0.15) is 23.3 Å². The number of aryl methyl sites for hydroxylation is 1. The van der Waals surface area contributed by atoms with Crippen LogP contribution in [0.25, 0.3) is 22.3 Å². The number of nitrogens with two attached hydrogens (primary N) is 1. The van der Waals surface area contributed by atoms with Crippen LogP contribution >= 0.6 is 0 Å². The molecule has 3 amide bonds. The number of benzene rings is 4. The first-order valence-corrected chi connectivity index (χ1v) is 29.3. The van der Waals surface area contributed by atoms with E-state index in [-0.39, 0.29) is 102 Å². The number of phenols is 1. The third kappa shape index (κ3) is 17.1. The SMILES string of the molecule is CCCCc1ccc(-c2ccc(C(=O)CC[C@@H](C)C(=O)C[C@@H](CCCCN)C(=O)N(C)[C@@H]3C(=O)C[C@@H](C)C(=O)N[C@H](C(=O)C[C@@H](C)C(=O)N4CCC[C@H]4C(C)=O)Cc4ccc(OC(=O)OCC(C)C)c(c4)-c4cc3ccc4O)cc2)cc1. The number of unbranched alkanes of at least 4 members (excludes halogenated alkanes) is 2. The molecule has 0 aromatic heterocycles. The van der Waals surface area contributed by atoms with Gasteiger partial charge in [0.05, 0.1) is 18.7 Å². The number of hydrogen-bond donors (Lipinski definition) is 3. The lowest BCUT2D eigenvalue weighted by molar-refractivity contribution is -0.144. The number of rotatable bonds is 25. The zero-order valence-corrected chi connectivity index (χ0v) is 49.1. The fourth-order valence-corrected chi connectivity index (χ4v) is 10.9. The van der Waals surface area contributed by atoms with Crippen LogP contribution in [0.15, 0.2) is 84.9 Å². The topological polar surface area (TPSA) is 237 Å². The second-order valence-electron chi connectivity index (χ2n) is 23.1. The number of hydrogen-bond acceptors (Lipinski definition) is 13. The summed E-state index contributed by atoms with van der Waals surface area (Å²) in [6, 6.07) is 21.8. The molecule has 0 aliphatic carbocycles. The van der Waals surface area contributed by atoms with Gasteiger partial charge in [-0.1, -0.05) is 115 Å². The quantitative estimate of drug-likeness (QED) is 0.0243. The van der Waals surface area contributed by atoms with E-state index in [0.717, 1.165) is 30.4 Å². The van der Waals surface area contributed by atoms with Crippen molar-refractivity contribution < 1.29 is 57.7 Å². The van der Waals surface area contributed by atoms with Crippen molar-refractivity contribution in [2.45, 2.75) is 156 Å². The highest BCUT2D eigenvalue weighted by molar-refractivity contribution is 5.99. The molecule has 0 radical (unpaired) electrons. The predicted octanol–water partition coefficient (Wildman–Crippen LogP) is 10.6. The normalized spacial score (nSPS) is 18.4. The molecule has 4 aromatic rings. The Hall–Kier alpha value is -7.33. The Labute approximate surface area is 483 Å². The third-order valence-corrected chi connectivity index (χ3v) is 15.9. The summed E-state index contributed by atoms with van der Waals surface area (Å²) >= 11 is 0. The van der Waals surface area contributed by atoms with Crippen LogP contribution in [0, 0.1) is 29.6 Å². The minimum atomic E-state index is -1.37. The molecular weight excluding hydrogens is 1040 g/mol. The Morgan fingerprint density at radius 3 is 2.17 bits per heavy atom. The number of phenolic OH excluding ortho intramolecular Hbond substituents is 1. The summed E-state index contributed by atoms with van der Waals surface area (Å²) in [7, 11) is 1.46. The molecule has 2 aliphatic heterocycles. The van der Waals surface area contributed by atoms with Crippen molar-refractivity contribution in [3.8, 4) is 33.8 Å². The second kappa shape index (κ2) is 30.1. The molecular formula is C66H84N4O12. The number of fused-ring (bicyclic) bond motifs is 5. The van der Waals surface area contributed by atoms with Crippen molar-refractivity contribution in [2.24, 2.45) is 35.3 Å². The van der Waals surface area contributed by atoms with Crippen LogP contribution < -0.4 is 15.8 Å². The number of likely N-dealkylation sites (N-methyl/N-ethyl adjacent to an activating group) is 1. The lowest BCUT2D eigenvalue weighted by atomic mass is 9.86. The van der Waals surface area contributed by atoms with Gasteiger partial charge in [-0.15, -0.1) is 0 Å². The van der Waals surface area contributed by atoms with E-state index < -0.39 is 77.8 Å². The molecule has 6 rings (SSSR count). The summed E-state index contributed by atoms with van der Waals surface area (Å²) < 4.78 is 11.1. The number of nitrogens with zero attached hydrogens (tertiary/aromatic N) is 2. The van der Waals surface area contributed by atoms with Crippen LogP contribution in [0.3, 0.4) is 0 Å². The first kappa shape index (κ1) is 63.8. The maximum absolute atomic E-state index is 15.0. The molecule has 0 spiro atoms. The molecule has 2 aliphatic rings. The second-order valence-corrected chi connectivity index (χ2v) is 23.1. The lowest BCUT2D eigenvalue weighted by Gasteiger charge is -2.32. The monoisotopic (exact) mass is 1120 g/mol. The van der Waals surface area contributed by atoms with Crippen LogP contribution in [-0.2, 0) is 51.1 Å². The van der Waals surface area contributed by atoms with Gasteiger partial charge in [0, 0.05) is 79.6 Å². The largest absolute Gasteiger partial charge is 0.513 e. The van der Waals surface area contributed by atoms with E-state index in [0.29, 0.717) is 49.9 Å². The van der Waals surface area contributed by atoms with E-state index in [2.05, 4.69) is 36.5 Å². The molecule has 82 heavy (non-hydrogen) atoms. The average Bonchev–Trinajstić information content (AvgIpc) is 4.05. The van der Waals surface area contributed by atoms with Crippen LogP contribution in [-0.4, -0.2) is 107 Å². The Bertz CT molecular complexity index is 2930. The molecule has 0 unspecified atom stereocenters. The first-order chi connectivity index (χ1) is 39.1. The van der Waals surface area contributed by atoms with Crippen molar-refractivity contribution in [1.82, 2.24) is 15.1 Å². The Balaban J connectivity index is 1.27. The van der Waals surface area contributed by atoms with Gasteiger partial charge >= 0.3 is 6.16 Å². The van der Waals surface area contributed by atoms with Crippen LogP contribution in [0.4, 0.5) is 4.79 Å². The zero-order valence-electron chi connectivity index (χ0n) is 49.1. The molecule has 4 N–H and O–H groups in total. The molecule has 4 aromatic carbocycles. The summed E-state index contributed by atoms with van der Waals surface area (Å²) in [6.07, 6.45) is 4.19. The van der Waals surface area contributed by atoms with Gasteiger partial charge in [0.15, 0.2) is 23.1 Å². The highest BCUT2D eigenvalue weighted by Crippen LogP contribution is 2.41.